The first-order chi connectivity index (χ1) is 14.6. The van der Waals surface area contributed by atoms with Crippen LogP contribution in [0.4, 0.5) is 5.69 Å². The molecular formula is C23H29N5OS. The number of likely N-dealkylation sites (N-methyl/N-ethyl adjacent to an activating group) is 1. The Bertz CT molecular complexity index is 1040. The lowest BCUT2D eigenvalue weighted by Gasteiger charge is -2.49. The van der Waals surface area contributed by atoms with E-state index in [2.05, 4.69) is 56.6 Å². The predicted octanol–water partition coefficient (Wildman–Crippen LogP) is 2.26. The van der Waals surface area contributed by atoms with Crippen molar-refractivity contribution in [2.45, 2.75) is 37.9 Å². The smallest absolute Gasteiger partial charge is 0.271 e. The molecule has 0 radical (unpaired) electrons. The number of amides is 1. The van der Waals surface area contributed by atoms with Crippen molar-refractivity contribution in [1.29, 1.82) is 0 Å². The van der Waals surface area contributed by atoms with Gasteiger partial charge in [0.15, 0.2) is 0 Å². The Morgan fingerprint density at radius 1 is 1.27 bits per heavy atom. The number of nitrogens with zero attached hydrogens (tertiary/aromatic N) is 4. The Kier molecular flexibility index (Phi) is 3.56. The average molecular weight is 424 g/mol. The molecule has 158 valence electrons. The van der Waals surface area contributed by atoms with E-state index in [1.54, 1.807) is 0 Å². The van der Waals surface area contributed by atoms with Crippen LogP contribution in [0.25, 0.3) is 10.1 Å². The van der Waals surface area contributed by atoms with Gasteiger partial charge in [0.25, 0.3) is 5.91 Å². The van der Waals surface area contributed by atoms with E-state index in [1.165, 1.54) is 56.2 Å². The minimum absolute atomic E-state index is 0.00252. The number of piperidine rings is 4. The minimum Gasteiger partial charge on any atom is -0.366 e. The molecule has 1 N–H and O–H groups in total. The molecule has 30 heavy (non-hydrogen) atoms. The Balaban J connectivity index is 1.11. The van der Waals surface area contributed by atoms with Crippen LogP contribution < -0.4 is 10.2 Å². The van der Waals surface area contributed by atoms with Crippen molar-refractivity contribution in [1.82, 2.24) is 19.5 Å². The number of nitrogens with one attached hydrogen (secondary N) is 1. The average Bonchev–Trinajstić information content (AvgIpc) is 3.06. The normalized spacial score (nSPS) is 41.5. The molecule has 5 aliphatic heterocycles. The summed E-state index contributed by atoms with van der Waals surface area (Å²) in [7, 11) is 2.28. The Morgan fingerprint density at radius 2 is 2.10 bits per heavy atom. The van der Waals surface area contributed by atoms with E-state index >= 15 is 0 Å². The van der Waals surface area contributed by atoms with Crippen LogP contribution in [-0.4, -0.2) is 78.0 Å². The first-order valence-electron chi connectivity index (χ1n) is 11.5. The molecule has 5 saturated heterocycles. The zero-order chi connectivity index (χ0) is 20.2. The van der Waals surface area contributed by atoms with Crippen LogP contribution >= 0.6 is 11.5 Å². The zero-order valence-corrected chi connectivity index (χ0v) is 18.5. The van der Waals surface area contributed by atoms with Crippen LogP contribution in [-0.2, 0) is 0 Å². The van der Waals surface area contributed by atoms with Gasteiger partial charge in [-0.2, -0.15) is 4.37 Å². The lowest BCUT2D eigenvalue weighted by atomic mass is 9.83. The summed E-state index contributed by atoms with van der Waals surface area (Å²) < 4.78 is 5.69. The third kappa shape index (κ3) is 2.21. The predicted molar refractivity (Wildman–Crippen MR) is 119 cm³/mol. The van der Waals surface area contributed by atoms with Crippen molar-refractivity contribution in [2.24, 2.45) is 17.3 Å². The zero-order valence-electron chi connectivity index (χ0n) is 17.7. The van der Waals surface area contributed by atoms with Gasteiger partial charge in [-0.3, -0.25) is 4.79 Å². The summed E-state index contributed by atoms with van der Waals surface area (Å²) >= 11 is 1.46. The van der Waals surface area contributed by atoms with Crippen LogP contribution in [0, 0.1) is 17.3 Å². The third-order valence-electron chi connectivity index (χ3n) is 9.11. The summed E-state index contributed by atoms with van der Waals surface area (Å²) in [5, 5.41) is 4.30. The van der Waals surface area contributed by atoms with E-state index in [0.29, 0.717) is 23.1 Å². The summed E-state index contributed by atoms with van der Waals surface area (Å²) in [6.07, 6.45) is 2.42. The molecule has 1 amide bonds. The second-order valence-corrected chi connectivity index (χ2v) is 11.2. The third-order valence-corrected chi connectivity index (χ3v) is 9.92. The van der Waals surface area contributed by atoms with Crippen LogP contribution in [0.15, 0.2) is 18.2 Å². The number of benzene rings is 1. The highest BCUT2D eigenvalue weighted by Crippen LogP contribution is 2.68. The second kappa shape index (κ2) is 5.96. The van der Waals surface area contributed by atoms with Gasteiger partial charge in [0, 0.05) is 48.2 Å². The van der Waals surface area contributed by atoms with Gasteiger partial charge in [-0.25, -0.2) is 0 Å². The molecule has 1 saturated carbocycles. The van der Waals surface area contributed by atoms with Gasteiger partial charge in [0.05, 0.1) is 10.7 Å². The molecule has 6 heterocycles. The van der Waals surface area contributed by atoms with Crippen LogP contribution in [0.5, 0.6) is 0 Å². The van der Waals surface area contributed by atoms with Crippen molar-refractivity contribution in [2.75, 3.05) is 44.7 Å². The quantitative estimate of drug-likeness (QED) is 0.821. The molecule has 8 rings (SSSR count). The summed E-state index contributed by atoms with van der Waals surface area (Å²) in [4.78, 5) is 20.6. The number of hydrogen-bond donors (Lipinski definition) is 1. The first kappa shape index (κ1) is 17.9. The number of hydrogen-bond acceptors (Lipinski definition) is 6. The number of likely N-dealkylation sites (tertiary alicyclic amines) is 1. The molecule has 1 spiro atoms. The Labute approximate surface area is 181 Å². The molecular weight excluding hydrogens is 394 g/mol. The minimum atomic E-state index is 0.00252. The van der Waals surface area contributed by atoms with Gasteiger partial charge in [-0.1, -0.05) is 6.92 Å². The monoisotopic (exact) mass is 423 g/mol. The van der Waals surface area contributed by atoms with Gasteiger partial charge in [0.1, 0.15) is 5.69 Å². The standard InChI is InChI=1S/C23H29N5OS/c1-13-21-23(13)12-28(19(23)11-26(21)2)15-3-4-16-18(9-15)30-25-20(16)22(29)24-17-10-27-7-5-14(17)6-8-27/h3-4,9,13-14,17,19,21H,5-8,10-12H2,1-2H3,(H,24,29)/t13?,17-,19+,21?,23?/m1/s1. The molecule has 6 aliphatic rings. The summed E-state index contributed by atoms with van der Waals surface area (Å²) in [5.74, 6) is 1.46. The number of fused-ring (bicyclic) bond motifs is 4. The number of carbonyl (C=O) groups excluding carboxylic acids is 1. The summed E-state index contributed by atoms with van der Waals surface area (Å²) in [6.45, 7) is 8.13. The van der Waals surface area contributed by atoms with Crippen LogP contribution in [0.1, 0.15) is 30.3 Å². The van der Waals surface area contributed by atoms with Crippen LogP contribution in [0.2, 0.25) is 0 Å². The maximum Gasteiger partial charge on any atom is 0.271 e. The van der Waals surface area contributed by atoms with Crippen LogP contribution in [0.3, 0.4) is 0 Å². The van der Waals surface area contributed by atoms with Gasteiger partial charge in [0.2, 0.25) is 0 Å². The topological polar surface area (TPSA) is 51.7 Å². The molecule has 2 aromatic rings. The van der Waals surface area contributed by atoms with Crippen molar-refractivity contribution in [3.63, 3.8) is 0 Å². The molecule has 1 aromatic heterocycles. The van der Waals surface area contributed by atoms with E-state index in [9.17, 15) is 4.79 Å². The number of carbonyl (C=O) groups is 1. The Morgan fingerprint density at radius 3 is 2.83 bits per heavy atom. The highest BCUT2D eigenvalue weighted by atomic mass is 32.1. The van der Waals surface area contributed by atoms with Gasteiger partial charge >= 0.3 is 0 Å². The fraction of sp³-hybridized carbons (Fsp3) is 0.652. The highest BCUT2D eigenvalue weighted by molar-refractivity contribution is 7.13. The summed E-state index contributed by atoms with van der Waals surface area (Å²) in [5.41, 5.74) is 2.44. The van der Waals surface area contributed by atoms with Crippen molar-refractivity contribution < 1.29 is 4.79 Å². The molecule has 6 fully saturated rings. The largest absolute Gasteiger partial charge is 0.366 e. The highest BCUT2D eigenvalue weighted by Gasteiger charge is 2.78. The molecule has 1 aromatic carbocycles. The fourth-order valence-electron chi connectivity index (χ4n) is 7.41. The lowest BCUT2D eigenvalue weighted by molar-refractivity contribution is 0.0619. The Hall–Kier alpha value is -1.70. The molecule has 3 unspecified atom stereocenters. The molecule has 2 bridgehead atoms. The fourth-order valence-corrected chi connectivity index (χ4v) is 8.22. The lowest BCUT2D eigenvalue weighted by Crippen LogP contribution is -2.59. The van der Waals surface area contributed by atoms with E-state index in [4.69, 9.17) is 0 Å². The number of rotatable bonds is 3. The first-order valence-corrected chi connectivity index (χ1v) is 12.2. The SMILES string of the molecule is CC1C2N(C)C[C@@H]3N(c4ccc5c(C(=O)N[C@@H]6CN7CCC6CC7)nsc5c4)CC123. The van der Waals surface area contributed by atoms with Crippen molar-refractivity contribution >= 4 is 33.2 Å². The van der Waals surface area contributed by atoms with E-state index in [1.807, 2.05) is 0 Å². The van der Waals surface area contributed by atoms with Crippen molar-refractivity contribution in [3.8, 4) is 0 Å². The number of aromatic nitrogens is 1. The van der Waals surface area contributed by atoms with Gasteiger partial charge in [-0.15, -0.1) is 0 Å². The molecule has 5 atom stereocenters. The molecule has 6 nitrogen and oxygen atoms in total. The molecule has 1 aliphatic carbocycles. The van der Waals surface area contributed by atoms with Gasteiger partial charge in [-0.05, 0) is 74.5 Å². The molecule has 7 heteroatoms. The second-order valence-electron chi connectivity index (χ2n) is 10.4. The van der Waals surface area contributed by atoms with Gasteiger partial charge < -0.3 is 20.0 Å². The van der Waals surface area contributed by atoms with E-state index < -0.39 is 0 Å². The number of anilines is 1. The van der Waals surface area contributed by atoms with E-state index in [-0.39, 0.29) is 11.9 Å². The maximum absolute atomic E-state index is 13.0. The maximum atomic E-state index is 13.0. The van der Waals surface area contributed by atoms with Crippen molar-refractivity contribution in [3.05, 3.63) is 23.9 Å². The summed E-state index contributed by atoms with van der Waals surface area (Å²) in [6, 6.07) is 8.29. The van der Waals surface area contributed by atoms with E-state index in [0.717, 1.165) is 28.6 Å².